The van der Waals surface area contributed by atoms with Gasteiger partial charge in [-0.1, -0.05) is 63.9 Å². The fourth-order valence-corrected chi connectivity index (χ4v) is 7.13. The van der Waals surface area contributed by atoms with E-state index in [4.69, 9.17) is 0 Å². The first-order valence-corrected chi connectivity index (χ1v) is 13.1. The number of hydrogen-bond donors (Lipinski definition) is 3. The lowest BCUT2D eigenvalue weighted by atomic mass is 9.51. The Hall–Kier alpha value is -1.88. The lowest BCUT2D eigenvalue weighted by Crippen LogP contribution is -2.58. The van der Waals surface area contributed by atoms with Crippen molar-refractivity contribution < 1.29 is 14.7 Å². The van der Waals surface area contributed by atoms with Gasteiger partial charge in [-0.05, 0) is 67.3 Å². The van der Waals surface area contributed by atoms with Gasteiger partial charge in [-0.3, -0.25) is 9.59 Å². The molecule has 0 bridgehead atoms. The van der Waals surface area contributed by atoms with Gasteiger partial charge in [0.25, 0.3) is 0 Å². The molecule has 0 spiro atoms. The van der Waals surface area contributed by atoms with Crippen LogP contribution in [0.4, 0.5) is 0 Å². The van der Waals surface area contributed by atoms with Crippen molar-refractivity contribution in [1.29, 1.82) is 0 Å². The quantitative estimate of drug-likeness (QED) is 0.602. The van der Waals surface area contributed by atoms with E-state index < -0.39 is 6.10 Å². The highest BCUT2D eigenvalue weighted by atomic mass is 16.3. The van der Waals surface area contributed by atoms with Crippen LogP contribution in [0.15, 0.2) is 30.3 Å². The van der Waals surface area contributed by atoms with Crippen molar-refractivity contribution in [3.05, 3.63) is 35.9 Å². The van der Waals surface area contributed by atoms with E-state index >= 15 is 0 Å². The molecule has 3 fully saturated rings. The van der Waals surface area contributed by atoms with Crippen molar-refractivity contribution in [2.45, 2.75) is 96.7 Å². The van der Waals surface area contributed by atoms with E-state index in [1.807, 2.05) is 37.3 Å². The number of nitrogens with one attached hydrogen (secondary N) is 2. The lowest BCUT2D eigenvalue weighted by molar-refractivity contribution is -0.144. The minimum Gasteiger partial charge on any atom is -0.392 e. The third kappa shape index (κ3) is 5.29. The van der Waals surface area contributed by atoms with E-state index in [1.54, 1.807) is 0 Å². The molecule has 3 N–H and O–H groups in total. The Bertz CT molecular complexity index is 822. The van der Waals surface area contributed by atoms with Gasteiger partial charge in [0.2, 0.25) is 11.8 Å². The maximum absolute atomic E-state index is 13.0. The predicted octanol–water partition coefficient (Wildman–Crippen LogP) is 4.23. The summed E-state index contributed by atoms with van der Waals surface area (Å²) in [7, 11) is 0. The second kappa shape index (κ2) is 10.2. The number of aliphatic hydroxyl groups excluding tert-OH is 1. The van der Waals surface area contributed by atoms with Crippen LogP contribution in [-0.2, 0) is 16.0 Å². The van der Waals surface area contributed by atoms with Crippen LogP contribution in [0.2, 0.25) is 0 Å². The third-order valence-electron chi connectivity index (χ3n) is 9.20. The van der Waals surface area contributed by atoms with E-state index in [9.17, 15) is 14.7 Å². The second-order valence-electron chi connectivity index (χ2n) is 11.4. The summed E-state index contributed by atoms with van der Waals surface area (Å²) in [5, 5.41) is 18.1. The van der Waals surface area contributed by atoms with Crippen LogP contribution in [0.1, 0.15) is 77.7 Å². The highest BCUT2D eigenvalue weighted by Crippen LogP contribution is 2.55. The number of aliphatic hydroxyl groups is 1. The Kier molecular flexibility index (Phi) is 7.47. The minimum atomic E-state index is -0.517. The maximum Gasteiger partial charge on any atom is 0.224 e. The van der Waals surface area contributed by atoms with E-state index in [-0.39, 0.29) is 46.9 Å². The molecule has 3 aliphatic carbocycles. The van der Waals surface area contributed by atoms with Crippen LogP contribution in [0.25, 0.3) is 0 Å². The molecule has 1 aromatic carbocycles. The Labute approximate surface area is 199 Å². The maximum atomic E-state index is 13.0. The average Bonchev–Trinajstić information content (AvgIpc) is 3.29. The topological polar surface area (TPSA) is 78.4 Å². The molecule has 4 rings (SSSR count). The van der Waals surface area contributed by atoms with Gasteiger partial charge in [-0.2, -0.15) is 0 Å². The molecule has 1 aromatic rings. The van der Waals surface area contributed by atoms with Crippen molar-refractivity contribution in [2.24, 2.45) is 29.1 Å². The largest absolute Gasteiger partial charge is 0.392 e. The molecule has 0 saturated heterocycles. The SMILES string of the molecule is C[C@@H]1[C@@H]2[C@@H](O)[C@@H]([C@H](C)C(=O)NC3CCCC3)CC[C@]2(C)CC[C@@H]1NC(=O)Cc1ccccc1. The molecule has 0 heterocycles. The first kappa shape index (κ1) is 24.3. The van der Waals surface area contributed by atoms with E-state index in [0.29, 0.717) is 12.5 Å². The van der Waals surface area contributed by atoms with Gasteiger partial charge in [0.1, 0.15) is 0 Å². The number of carbonyl (C=O) groups excluding carboxylic acids is 2. The van der Waals surface area contributed by atoms with Gasteiger partial charge in [0, 0.05) is 18.0 Å². The van der Waals surface area contributed by atoms with E-state index in [0.717, 1.165) is 44.1 Å². The molecule has 0 aliphatic heterocycles. The van der Waals surface area contributed by atoms with Crippen molar-refractivity contribution >= 4 is 11.8 Å². The van der Waals surface area contributed by atoms with Crippen LogP contribution in [0.3, 0.4) is 0 Å². The van der Waals surface area contributed by atoms with Crippen molar-refractivity contribution in [3.8, 4) is 0 Å². The molecule has 33 heavy (non-hydrogen) atoms. The monoisotopic (exact) mass is 454 g/mol. The zero-order chi connectivity index (χ0) is 23.6. The number of carbonyl (C=O) groups is 2. The normalized spacial score (nSPS) is 35.5. The highest BCUT2D eigenvalue weighted by molar-refractivity contribution is 5.79. The summed E-state index contributed by atoms with van der Waals surface area (Å²) in [6, 6.07) is 10.2. The van der Waals surface area contributed by atoms with Gasteiger partial charge in [0.05, 0.1) is 12.5 Å². The molecule has 182 valence electrons. The highest BCUT2D eigenvalue weighted by Gasteiger charge is 2.53. The van der Waals surface area contributed by atoms with Crippen LogP contribution in [-0.4, -0.2) is 35.1 Å². The van der Waals surface area contributed by atoms with Gasteiger partial charge in [0.15, 0.2) is 0 Å². The van der Waals surface area contributed by atoms with Crippen molar-refractivity contribution in [1.82, 2.24) is 10.6 Å². The van der Waals surface area contributed by atoms with Crippen LogP contribution in [0, 0.1) is 29.1 Å². The molecule has 5 nitrogen and oxygen atoms in total. The molecule has 0 unspecified atom stereocenters. The fraction of sp³-hybridized carbons (Fsp3) is 0.714. The molecule has 2 amide bonds. The molecule has 0 radical (unpaired) electrons. The standard InChI is InChI=1S/C28H42N2O3/c1-18(27(33)29-21-11-7-8-12-21)22-13-15-28(3)16-14-23(19(2)25(28)26(22)32)30-24(31)17-20-9-5-4-6-10-20/h4-6,9-10,18-19,21-23,25-26,32H,7-8,11-17H2,1-3H3,(H,29,33)(H,30,31)/t18-,19-,22+,23-,25+,26-,28+/m0/s1. The Balaban J connectivity index is 1.40. The molecule has 0 aromatic heterocycles. The summed E-state index contributed by atoms with van der Waals surface area (Å²) >= 11 is 0. The Morgan fingerprint density at radius 3 is 2.42 bits per heavy atom. The van der Waals surface area contributed by atoms with Crippen LogP contribution < -0.4 is 10.6 Å². The Morgan fingerprint density at radius 1 is 1.06 bits per heavy atom. The second-order valence-corrected chi connectivity index (χ2v) is 11.4. The summed E-state index contributed by atoms with van der Waals surface area (Å²) in [5.74, 6) is 0.203. The molecule has 3 saturated carbocycles. The summed E-state index contributed by atoms with van der Waals surface area (Å²) < 4.78 is 0. The van der Waals surface area contributed by atoms with Crippen LogP contribution >= 0.6 is 0 Å². The Morgan fingerprint density at radius 2 is 1.73 bits per heavy atom. The van der Waals surface area contributed by atoms with Gasteiger partial charge in [-0.25, -0.2) is 0 Å². The first-order valence-electron chi connectivity index (χ1n) is 13.1. The summed E-state index contributed by atoms with van der Waals surface area (Å²) in [6.45, 7) is 6.48. The number of amides is 2. The van der Waals surface area contributed by atoms with Crippen LogP contribution in [0.5, 0.6) is 0 Å². The molecular formula is C28H42N2O3. The smallest absolute Gasteiger partial charge is 0.224 e. The summed E-state index contributed by atoms with van der Waals surface area (Å²) in [6.07, 6.45) is 8.30. The van der Waals surface area contributed by atoms with Gasteiger partial charge in [-0.15, -0.1) is 0 Å². The zero-order valence-electron chi connectivity index (χ0n) is 20.6. The van der Waals surface area contributed by atoms with Crippen molar-refractivity contribution in [2.75, 3.05) is 0 Å². The first-order chi connectivity index (χ1) is 15.8. The molecule has 3 aliphatic rings. The average molecular weight is 455 g/mol. The lowest BCUT2D eigenvalue weighted by Gasteiger charge is -2.56. The fourth-order valence-electron chi connectivity index (χ4n) is 7.13. The van der Waals surface area contributed by atoms with E-state index in [2.05, 4.69) is 24.5 Å². The molecule has 7 atom stereocenters. The minimum absolute atomic E-state index is 0.0225. The molecule has 5 heteroatoms. The number of benzene rings is 1. The zero-order valence-corrected chi connectivity index (χ0v) is 20.6. The molecular weight excluding hydrogens is 412 g/mol. The van der Waals surface area contributed by atoms with Crippen molar-refractivity contribution in [3.63, 3.8) is 0 Å². The summed E-state index contributed by atoms with van der Waals surface area (Å²) in [4.78, 5) is 25.7. The number of hydrogen-bond acceptors (Lipinski definition) is 3. The summed E-state index contributed by atoms with van der Waals surface area (Å²) in [5.41, 5.74) is 1.08. The third-order valence-corrected chi connectivity index (χ3v) is 9.20. The number of rotatable bonds is 6. The van der Waals surface area contributed by atoms with Gasteiger partial charge >= 0.3 is 0 Å². The van der Waals surface area contributed by atoms with Gasteiger partial charge < -0.3 is 15.7 Å². The predicted molar refractivity (Wildman–Crippen MR) is 130 cm³/mol. The number of fused-ring (bicyclic) bond motifs is 1. The van der Waals surface area contributed by atoms with E-state index in [1.165, 1.54) is 12.8 Å².